The van der Waals surface area contributed by atoms with Crippen LogP contribution in [0.2, 0.25) is 0 Å². The van der Waals surface area contributed by atoms with Crippen LogP contribution in [0.15, 0.2) is 194 Å². The molecular formula is C51H32N2O. The van der Waals surface area contributed by atoms with Crippen LogP contribution in [0.3, 0.4) is 0 Å². The number of rotatable bonds is 4. The lowest BCUT2D eigenvalue weighted by Gasteiger charge is -2.39. The minimum absolute atomic E-state index is 0.503. The van der Waals surface area contributed by atoms with E-state index in [2.05, 4.69) is 188 Å². The average molecular weight is 689 g/mol. The Kier molecular flexibility index (Phi) is 6.77. The zero-order chi connectivity index (χ0) is 35.6. The summed E-state index contributed by atoms with van der Waals surface area (Å²) in [4.78, 5) is 10.3. The maximum Gasteiger partial charge on any atom is 0.160 e. The van der Waals surface area contributed by atoms with E-state index in [9.17, 15) is 0 Å². The molecule has 2 heterocycles. The summed E-state index contributed by atoms with van der Waals surface area (Å²) in [5.41, 5.74) is 14.1. The van der Waals surface area contributed by atoms with Crippen molar-refractivity contribution in [2.24, 2.45) is 0 Å². The van der Waals surface area contributed by atoms with E-state index in [1.54, 1.807) is 0 Å². The van der Waals surface area contributed by atoms with Gasteiger partial charge in [0.1, 0.15) is 11.5 Å². The highest BCUT2D eigenvalue weighted by atomic mass is 16.5. The van der Waals surface area contributed by atoms with E-state index in [-0.39, 0.29) is 0 Å². The summed E-state index contributed by atoms with van der Waals surface area (Å²) in [7, 11) is 0. The molecule has 1 aliphatic carbocycles. The Hall–Kier alpha value is -7.10. The summed E-state index contributed by atoms with van der Waals surface area (Å²) in [6.07, 6.45) is 0. The van der Waals surface area contributed by atoms with Crippen LogP contribution in [0.4, 0.5) is 0 Å². The van der Waals surface area contributed by atoms with Crippen LogP contribution in [0, 0.1) is 0 Å². The van der Waals surface area contributed by atoms with Gasteiger partial charge < -0.3 is 4.74 Å². The number of hydrogen-bond acceptors (Lipinski definition) is 3. The van der Waals surface area contributed by atoms with Crippen LogP contribution in [0.5, 0.6) is 11.5 Å². The van der Waals surface area contributed by atoms with Crippen molar-refractivity contribution in [2.45, 2.75) is 5.41 Å². The van der Waals surface area contributed by atoms with Gasteiger partial charge in [-0.25, -0.2) is 9.97 Å². The Morgan fingerprint density at radius 2 is 0.926 bits per heavy atom. The van der Waals surface area contributed by atoms with Gasteiger partial charge in [0.15, 0.2) is 5.82 Å². The Balaban J connectivity index is 1.05. The number of para-hydroxylation sites is 1. The first kappa shape index (κ1) is 30.5. The minimum atomic E-state index is -0.503. The molecule has 0 N–H and O–H groups in total. The summed E-state index contributed by atoms with van der Waals surface area (Å²) in [6, 6.07) is 68.9. The first-order chi connectivity index (χ1) is 26.8. The van der Waals surface area contributed by atoms with E-state index in [0.717, 1.165) is 56.3 Å². The van der Waals surface area contributed by atoms with Gasteiger partial charge >= 0.3 is 0 Å². The fraction of sp³-hybridized carbons (Fsp3) is 0.0196. The van der Waals surface area contributed by atoms with Crippen molar-refractivity contribution in [3.8, 4) is 67.7 Å². The molecule has 0 amide bonds. The van der Waals surface area contributed by atoms with Crippen LogP contribution >= 0.6 is 0 Å². The second-order valence-corrected chi connectivity index (χ2v) is 14.1. The molecule has 9 aromatic rings. The van der Waals surface area contributed by atoms with Gasteiger partial charge in [0, 0.05) is 27.8 Å². The molecule has 0 atom stereocenters. The number of hydrogen-bond donors (Lipinski definition) is 0. The number of fused-ring (bicyclic) bond motifs is 10. The van der Waals surface area contributed by atoms with Gasteiger partial charge in [-0.15, -0.1) is 0 Å². The highest BCUT2D eigenvalue weighted by Crippen LogP contribution is 2.62. The molecule has 8 aromatic carbocycles. The number of ether oxygens (including phenoxy) is 1. The fourth-order valence-electron chi connectivity index (χ4n) is 8.77. The lowest BCUT2D eigenvalue weighted by molar-refractivity contribution is 0.436. The highest BCUT2D eigenvalue weighted by molar-refractivity contribution is 5.96. The molecule has 0 unspecified atom stereocenters. The molecular weight excluding hydrogens is 657 g/mol. The maximum atomic E-state index is 6.67. The number of nitrogens with zero attached hydrogens (tertiary/aromatic N) is 2. The third-order valence-corrected chi connectivity index (χ3v) is 11.2. The summed E-state index contributed by atoms with van der Waals surface area (Å²) in [5.74, 6) is 2.47. The van der Waals surface area contributed by atoms with Gasteiger partial charge in [-0.05, 0) is 68.4 Å². The molecule has 1 aliphatic heterocycles. The van der Waals surface area contributed by atoms with Gasteiger partial charge in [0.05, 0.1) is 16.8 Å². The van der Waals surface area contributed by atoms with E-state index in [4.69, 9.17) is 14.7 Å². The van der Waals surface area contributed by atoms with Crippen molar-refractivity contribution in [1.29, 1.82) is 0 Å². The smallest absolute Gasteiger partial charge is 0.160 e. The number of benzene rings is 8. The predicted molar refractivity (Wildman–Crippen MR) is 219 cm³/mol. The third-order valence-electron chi connectivity index (χ3n) is 11.2. The predicted octanol–water partition coefficient (Wildman–Crippen LogP) is 12.8. The maximum absolute atomic E-state index is 6.67. The molecule has 2 aliphatic rings. The first-order valence-electron chi connectivity index (χ1n) is 18.4. The second-order valence-electron chi connectivity index (χ2n) is 14.1. The topological polar surface area (TPSA) is 35.0 Å². The van der Waals surface area contributed by atoms with Crippen molar-refractivity contribution in [2.75, 3.05) is 0 Å². The van der Waals surface area contributed by atoms with Gasteiger partial charge in [-0.3, -0.25) is 0 Å². The third kappa shape index (κ3) is 4.55. The molecule has 252 valence electrons. The number of aromatic nitrogens is 2. The van der Waals surface area contributed by atoms with Gasteiger partial charge in [-0.2, -0.15) is 0 Å². The zero-order valence-electron chi connectivity index (χ0n) is 29.3. The van der Waals surface area contributed by atoms with Gasteiger partial charge in [-0.1, -0.05) is 170 Å². The standard InChI is InChI=1S/C51H32N2O/c1-2-14-35(15-3-1)46-32-47(41-20-12-16-34-13-4-5-17-38(34)41)53-50(52-46)36-27-25-33(26-28-36)37-29-30-49-45(31-37)51(44-23-10-11-24-48(44)54-49)42-21-8-6-18-39(42)40-19-7-9-22-43(40)51/h1-32H. The van der Waals surface area contributed by atoms with Crippen molar-refractivity contribution in [3.63, 3.8) is 0 Å². The molecule has 0 saturated heterocycles. The molecule has 3 nitrogen and oxygen atoms in total. The molecule has 1 spiro atoms. The van der Waals surface area contributed by atoms with Crippen molar-refractivity contribution in [3.05, 3.63) is 216 Å². The first-order valence-corrected chi connectivity index (χ1v) is 18.4. The van der Waals surface area contributed by atoms with E-state index >= 15 is 0 Å². The largest absolute Gasteiger partial charge is 0.457 e. The fourth-order valence-corrected chi connectivity index (χ4v) is 8.77. The second kappa shape index (κ2) is 12.0. The van der Waals surface area contributed by atoms with Crippen LogP contribution in [0.25, 0.3) is 66.9 Å². The molecule has 0 saturated carbocycles. The molecule has 0 fully saturated rings. The summed E-state index contributed by atoms with van der Waals surface area (Å²) in [6.45, 7) is 0. The monoisotopic (exact) mass is 688 g/mol. The van der Waals surface area contributed by atoms with Crippen molar-refractivity contribution in [1.82, 2.24) is 9.97 Å². The lowest BCUT2D eigenvalue weighted by atomic mass is 9.66. The minimum Gasteiger partial charge on any atom is -0.457 e. The normalized spacial score (nSPS) is 13.1. The van der Waals surface area contributed by atoms with Crippen molar-refractivity contribution >= 4 is 10.8 Å². The average Bonchev–Trinajstić information content (AvgIpc) is 3.54. The summed E-state index contributed by atoms with van der Waals surface area (Å²) < 4.78 is 6.67. The molecule has 54 heavy (non-hydrogen) atoms. The SMILES string of the molecule is c1ccc(-c2cc(-c3cccc4ccccc34)nc(-c3ccc(-c4ccc5c(c4)C4(c6ccccc6O5)c5ccccc5-c5ccccc54)cc3)n2)cc1. The van der Waals surface area contributed by atoms with Crippen LogP contribution < -0.4 is 4.74 Å². The Labute approximate surface area is 313 Å². The van der Waals surface area contributed by atoms with Crippen LogP contribution in [-0.2, 0) is 5.41 Å². The van der Waals surface area contributed by atoms with E-state index in [1.165, 1.54) is 38.6 Å². The van der Waals surface area contributed by atoms with Crippen molar-refractivity contribution < 1.29 is 4.74 Å². The van der Waals surface area contributed by atoms with E-state index < -0.39 is 5.41 Å². The molecule has 0 bridgehead atoms. The lowest BCUT2D eigenvalue weighted by Crippen LogP contribution is -2.32. The zero-order valence-corrected chi connectivity index (χ0v) is 29.3. The molecule has 1 aromatic heterocycles. The highest BCUT2D eigenvalue weighted by Gasteiger charge is 2.50. The van der Waals surface area contributed by atoms with Gasteiger partial charge in [0.25, 0.3) is 0 Å². The Morgan fingerprint density at radius 3 is 1.72 bits per heavy atom. The van der Waals surface area contributed by atoms with Gasteiger partial charge in [0.2, 0.25) is 0 Å². The van der Waals surface area contributed by atoms with E-state index in [0.29, 0.717) is 5.82 Å². The molecule has 0 radical (unpaired) electrons. The summed E-state index contributed by atoms with van der Waals surface area (Å²) in [5, 5.41) is 2.36. The molecule has 11 rings (SSSR count). The summed E-state index contributed by atoms with van der Waals surface area (Å²) >= 11 is 0. The molecule has 3 heteroatoms. The Morgan fingerprint density at radius 1 is 0.352 bits per heavy atom. The van der Waals surface area contributed by atoms with E-state index in [1.807, 2.05) is 6.07 Å². The van der Waals surface area contributed by atoms with Crippen LogP contribution in [0.1, 0.15) is 22.3 Å². The Bertz CT molecular complexity index is 2860. The quantitative estimate of drug-likeness (QED) is 0.185. The van der Waals surface area contributed by atoms with Crippen LogP contribution in [-0.4, -0.2) is 9.97 Å².